The molecule has 2 heteroatoms. The van der Waals surface area contributed by atoms with E-state index in [0.717, 1.165) is 0 Å². The van der Waals surface area contributed by atoms with Crippen LogP contribution in [-0.4, -0.2) is 0 Å². The molecule has 2 aromatic heterocycles. The first-order valence-corrected chi connectivity index (χ1v) is 8.68. The Labute approximate surface area is 134 Å². The topological polar surface area (TPSA) is 0 Å². The minimum Gasteiger partial charge on any atom is -0.141 e. The maximum atomic E-state index is 2.28. The van der Waals surface area contributed by atoms with E-state index in [1.165, 1.54) is 36.2 Å². The molecule has 0 fully saturated rings. The second-order valence-corrected chi connectivity index (χ2v) is 7.62. The van der Waals surface area contributed by atoms with Crippen molar-refractivity contribution >= 4 is 34.8 Å². The van der Waals surface area contributed by atoms with Gasteiger partial charge in [-0.2, -0.15) is 0 Å². The van der Waals surface area contributed by atoms with Crippen LogP contribution in [0.5, 0.6) is 0 Å². The normalized spacial score (nSPS) is 11.4. The second kappa shape index (κ2) is 6.00. The van der Waals surface area contributed by atoms with E-state index in [-0.39, 0.29) is 0 Å². The van der Waals surface area contributed by atoms with Crippen LogP contribution in [0.15, 0.2) is 42.5 Å². The molecule has 0 spiro atoms. The number of benzene rings is 1. The minimum absolute atomic E-state index is 1.30. The average Bonchev–Trinajstić information content (AvgIpc) is 3.01. The third-order valence-corrected chi connectivity index (χ3v) is 5.97. The van der Waals surface area contributed by atoms with E-state index in [2.05, 4.69) is 75.4 Å². The molecule has 1 aromatic carbocycles. The monoisotopic (exact) mass is 310 g/mol. The first kappa shape index (κ1) is 14.3. The Balaban J connectivity index is 1.88. The molecule has 0 nitrogen and oxygen atoms in total. The summed E-state index contributed by atoms with van der Waals surface area (Å²) >= 11 is 3.72. The third kappa shape index (κ3) is 3.17. The van der Waals surface area contributed by atoms with Gasteiger partial charge in [-0.15, -0.1) is 22.7 Å². The quantitative estimate of drug-likeness (QED) is 0.513. The van der Waals surface area contributed by atoms with Gasteiger partial charge in [0.1, 0.15) is 0 Å². The molecule has 0 aliphatic carbocycles. The molecule has 21 heavy (non-hydrogen) atoms. The molecule has 106 valence electrons. The summed E-state index contributed by atoms with van der Waals surface area (Å²) in [5.74, 6) is 0. The highest BCUT2D eigenvalue weighted by molar-refractivity contribution is 7.16. The fourth-order valence-electron chi connectivity index (χ4n) is 2.25. The molecule has 0 N–H and O–H groups in total. The number of aryl methyl sites for hydroxylation is 3. The van der Waals surface area contributed by atoms with Gasteiger partial charge in [0.25, 0.3) is 0 Å². The van der Waals surface area contributed by atoms with E-state index >= 15 is 0 Å². The van der Waals surface area contributed by atoms with Crippen LogP contribution in [0.3, 0.4) is 0 Å². The summed E-state index contributed by atoms with van der Waals surface area (Å²) in [5.41, 5.74) is 4.03. The molecule has 0 aliphatic rings. The van der Waals surface area contributed by atoms with Crippen LogP contribution in [0.1, 0.15) is 25.8 Å². The highest BCUT2D eigenvalue weighted by Crippen LogP contribution is 2.32. The molecule has 0 amide bonds. The number of hydrogen-bond donors (Lipinski definition) is 0. The molecule has 3 aromatic rings. The van der Waals surface area contributed by atoms with Gasteiger partial charge >= 0.3 is 0 Å². The Morgan fingerprint density at radius 3 is 2.24 bits per heavy atom. The summed E-state index contributed by atoms with van der Waals surface area (Å²) in [5, 5.41) is 0. The van der Waals surface area contributed by atoms with Gasteiger partial charge in [-0.1, -0.05) is 30.3 Å². The number of thiophene rings is 2. The molecule has 0 aliphatic heterocycles. The summed E-state index contributed by atoms with van der Waals surface area (Å²) < 4.78 is 0. The largest absolute Gasteiger partial charge is 0.141 e. The molecule has 0 radical (unpaired) electrons. The molecule has 3 rings (SSSR count). The van der Waals surface area contributed by atoms with E-state index in [9.17, 15) is 0 Å². The predicted molar refractivity (Wildman–Crippen MR) is 97.2 cm³/mol. The maximum absolute atomic E-state index is 2.28. The van der Waals surface area contributed by atoms with E-state index in [0.29, 0.717) is 0 Å². The Hall–Kier alpha value is -1.64. The van der Waals surface area contributed by atoms with Crippen molar-refractivity contribution in [1.29, 1.82) is 0 Å². The van der Waals surface area contributed by atoms with Gasteiger partial charge in [-0.3, -0.25) is 0 Å². The van der Waals surface area contributed by atoms with Gasteiger partial charge in [0.05, 0.1) is 0 Å². The smallest absolute Gasteiger partial charge is 0.0351 e. The van der Waals surface area contributed by atoms with Crippen molar-refractivity contribution in [1.82, 2.24) is 0 Å². The lowest BCUT2D eigenvalue weighted by Crippen LogP contribution is -1.68. The molecule has 0 unspecified atom stereocenters. The summed E-state index contributed by atoms with van der Waals surface area (Å²) in [6.07, 6.45) is 4.48. The van der Waals surface area contributed by atoms with Crippen molar-refractivity contribution < 1.29 is 0 Å². The molecule has 2 heterocycles. The van der Waals surface area contributed by atoms with Gasteiger partial charge < -0.3 is 0 Å². The summed E-state index contributed by atoms with van der Waals surface area (Å²) in [6.45, 7) is 6.54. The highest BCUT2D eigenvalue weighted by Gasteiger charge is 2.05. The summed E-state index contributed by atoms with van der Waals surface area (Å²) in [4.78, 5) is 5.42. The van der Waals surface area contributed by atoms with Crippen LogP contribution in [0, 0.1) is 20.8 Å². The van der Waals surface area contributed by atoms with Gasteiger partial charge in [0.2, 0.25) is 0 Å². The van der Waals surface area contributed by atoms with Crippen LogP contribution in [-0.2, 0) is 0 Å². The highest BCUT2D eigenvalue weighted by atomic mass is 32.1. The van der Waals surface area contributed by atoms with E-state index in [1.54, 1.807) is 0 Å². The van der Waals surface area contributed by atoms with Crippen molar-refractivity contribution in [2.75, 3.05) is 0 Å². The van der Waals surface area contributed by atoms with E-state index < -0.39 is 0 Å². The standard InChI is InChI=1S/C19H18S2/c1-13-11-17(20-15(13)3)9-10-18-14(2)12-19(21-18)16-7-5-4-6-8-16/h4-12H,1-3H3/b10-9+. The summed E-state index contributed by atoms with van der Waals surface area (Å²) in [7, 11) is 0. The van der Waals surface area contributed by atoms with Gasteiger partial charge in [0.15, 0.2) is 0 Å². The Morgan fingerprint density at radius 2 is 1.57 bits per heavy atom. The molecular formula is C19H18S2. The van der Waals surface area contributed by atoms with Crippen molar-refractivity contribution in [3.63, 3.8) is 0 Å². The molecule has 0 saturated heterocycles. The van der Waals surface area contributed by atoms with E-state index in [4.69, 9.17) is 0 Å². The van der Waals surface area contributed by atoms with Crippen LogP contribution in [0.2, 0.25) is 0 Å². The Morgan fingerprint density at radius 1 is 0.810 bits per heavy atom. The van der Waals surface area contributed by atoms with Gasteiger partial charge in [-0.05, 0) is 61.7 Å². The summed E-state index contributed by atoms with van der Waals surface area (Å²) in [6, 6.07) is 15.1. The zero-order valence-corrected chi connectivity index (χ0v) is 14.1. The minimum atomic E-state index is 1.30. The first-order valence-electron chi connectivity index (χ1n) is 7.04. The van der Waals surface area contributed by atoms with Crippen LogP contribution >= 0.6 is 22.7 Å². The second-order valence-electron chi connectivity index (χ2n) is 5.25. The van der Waals surface area contributed by atoms with Crippen LogP contribution in [0.25, 0.3) is 22.6 Å². The average molecular weight is 310 g/mol. The lowest BCUT2D eigenvalue weighted by molar-refractivity contribution is 1.44. The zero-order chi connectivity index (χ0) is 14.8. The predicted octanol–water partition coefficient (Wildman–Crippen LogP) is 6.57. The maximum Gasteiger partial charge on any atom is 0.0351 e. The first-order chi connectivity index (χ1) is 10.1. The van der Waals surface area contributed by atoms with Crippen molar-refractivity contribution in [3.05, 3.63) is 68.2 Å². The number of rotatable bonds is 3. The fourth-order valence-corrected chi connectivity index (χ4v) is 4.28. The van der Waals surface area contributed by atoms with Crippen molar-refractivity contribution in [3.8, 4) is 10.4 Å². The molecular weight excluding hydrogens is 292 g/mol. The Bertz CT molecular complexity index is 754. The molecule has 0 saturated carbocycles. The van der Waals surface area contributed by atoms with Crippen LogP contribution < -0.4 is 0 Å². The van der Waals surface area contributed by atoms with Crippen molar-refractivity contribution in [2.24, 2.45) is 0 Å². The van der Waals surface area contributed by atoms with Crippen LogP contribution in [0.4, 0.5) is 0 Å². The molecule has 0 bridgehead atoms. The lowest BCUT2D eigenvalue weighted by atomic mass is 10.1. The Kier molecular flexibility index (Phi) is 4.09. The SMILES string of the molecule is Cc1cc(/C=C/c2sc(-c3ccccc3)cc2C)sc1C. The zero-order valence-electron chi connectivity index (χ0n) is 12.5. The number of hydrogen-bond acceptors (Lipinski definition) is 2. The van der Waals surface area contributed by atoms with Gasteiger partial charge in [-0.25, -0.2) is 0 Å². The fraction of sp³-hybridized carbons (Fsp3) is 0.158. The van der Waals surface area contributed by atoms with Gasteiger partial charge in [0, 0.05) is 19.5 Å². The third-order valence-electron chi connectivity index (χ3n) is 3.60. The van der Waals surface area contributed by atoms with Crippen molar-refractivity contribution in [2.45, 2.75) is 20.8 Å². The molecule has 0 atom stereocenters. The lowest BCUT2D eigenvalue weighted by Gasteiger charge is -1.94. The van der Waals surface area contributed by atoms with E-state index in [1.807, 2.05) is 22.7 Å².